The van der Waals surface area contributed by atoms with Gasteiger partial charge in [0.2, 0.25) is 29.5 Å². The third-order valence-electron chi connectivity index (χ3n) is 9.24. The van der Waals surface area contributed by atoms with Crippen LogP contribution in [0.4, 0.5) is 13.2 Å². The molecule has 9 atom stereocenters. The van der Waals surface area contributed by atoms with Crippen LogP contribution in [0, 0.1) is 0 Å². The Balaban J connectivity index is 0.00000179. The van der Waals surface area contributed by atoms with E-state index in [9.17, 15) is 67.2 Å². The fourth-order valence-electron chi connectivity index (χ4n) is 5.98. The van der Waals surface area contributed by atoms with E-state index in [4.69, 9.17) is 31.8 Å². The molecule has 352 valence electrons. The first kappa shape index (κ1) is 53.0. The standard InChI is InChI=1S/C34H52N10O12.C2HF3O2/c35-15-22-25(48)26(49)27(50)28(56-22)33(55)38-11-5-4-9-19-30(52)42-18(10-6-12-39-34(36)37)29(51)40-16-23(45)41-21(14-24(46)47)32(54)44-20(31(53)43-19)13-17-7-2-1-3-8-17;3-2(4,5)1(6)7/h1-3,7-8,18-22,25-28,48-50H,4-6,9-16,35H2,(H,38,55)(H,40,51)(H,41,45)(H,42,52)(H,43,53)(H,44,54)(H,46,47)(H4,36,37,39);(H,6,7)/t18-,19+,20-,21-,22?,25?,26?,27?,28?;/m0./s1. The molecule has 0 radical (unpaired) electrons. The summed E-state index contributed by atoms with van der Waals surface area (Å²) in [7, 11) is 0. The van der Waals surface area contributed by atoms with Gasteiger partial charge in [-0.3, -0.25) is 38.6 Å². The third-order valence-corrected chi connectivity index (χ3v) is 9.24. The highest BCUT2D eigenvalue weighted by Crippen LogP contribution is 2.21. The lowest BCUT2D eigenvalue weighted by Crippen LogP contribution is -2.62. The number of aliphatic imine (C=N–C) groups is 1. The van der Waals surface area contributed by atoms with Crippen molar-refractivity contribution < 1.29 is 81.8 Å². The second-order valence-corrected chi connectivity index (χ2v) is 14.2. The molecule has 2 aliphatic heterocycles. The van der Waals surface area contributed by atoms with Gasteiger partial charge in [-0.2, -0.15) is 13.2 Å². The molecule has 0 aliphatic carbocycles. The minimum Gasteiger partial charge on any atom is -0.481 e. The Bertz CT molecular complexity index is 1770. The van der Waals surface area contributed by atoms with Crippen LogP contribution in [-0.4, -0.2) is 166 Å². The maximum atomic E-state index is 13.9. The zero-order valence-corrected chi connectivity index (χ0v) is 33.6. The fourth-order valence-corrected chi connectivity index (χ4v) is 5.98. The summed E-state index contributed by atoms with van der Waals surface area (Å²) in [5.74, 6) is -9.51. The number of carboxylic acid groups (broad SMARTS) is 2. The van der Waals surface area contributed by atoms with Crippen LogP contribution in [0.15, 0.2) is 35.3 Å². The quantitative estimate of drug-likeness (QED) is 0.0444. The Morgan fingerprint density at radius 2 is 1.33 bits per heavy atom. The van der Waals surface area contributed by atoms with Crippen LogP contribution in [0.2, 0.25) is 0 Å². The first-order valence-corrected chi connectivity index (χ1v) is 19.3. The first-order valence-electron chi connectivity index (χ1n) is 19.3. The van der Waals surface area contributed by atoms with Crippen molar-refractivity contribution in [2.45, 2.75) is 106 Å². The lowest BCUT2D eigenvalue weighted by molar-refractivity contribution is -0.218. The molecule has 0 bridgehead atoms. The Morgan fingerprint density at radius 3 is 1.90 bits per heavy atom. The van der Waals surface area contributed by atoms with Gasteiger partial charge in [0.1, 0.15) is 42.5 Å². The van der Waals surface area contributed by atoms with Crippen molar-refractivity contribution in [2.75, 3.05) is 26.2 Å². The van der Waals surface area contributed by atoms with Gasteiger partial charge in [0.25, 0.3) is 5.91 Å². The minimum atomic E-state index is -5.08. The number of nitrogens with two attached hydrogens (primary N) is 3. The second-order valence-electron chi connectivity index (χ2n) is 14.2. The number of aliphatic hydroxyl groups is 3. The number of carboxylic acids is 2. The average Bonchev–Trinajstić information content (AvgIpc) is 3.21. The number of nitrogens with zero attached hydrogens (tertiary/aromatic N) is 1. The van der Waals surface area contributed by atoms with Crippen LogP contribution < -0.4 is 49.1 Å². The molecule has 3 rings (SSSR count). The van der Waals surface area contributed by atoms with Crippen LogP contribution in [-0.2, 0) is 49.5 Å². The lowest BCUT2D eigenvalue weighted by Gasteiger charge is -2.39. The van der Waals surface area contributed by atoms with Gasteiger partial charge in [0.15, 0.2) is 12.1 Å². The number of aliphatic hydroxyl groups excluding tert-OH is 3. The second kappa shape index (κ2) is 25.7. The van der Waals surface area contributed by atoms with E-state index in [-0.39, 0.29) is 64.1 Å². The van der Waals surface area contributed by atoms with Gasteiger partial charge in [-0.15, -0.1) is 0 Å². The van der Waals surface area contributed by atoms with Gasteiger partial charge in [-0.1, -0.05) is 30.3 Å². The van der Waals surface area contributed by atoms with Crippen LogP contribution >= 0.6 is 0 Å². The van der Waals surface area contributed by atoms with Crippen LogP contribution in [0.25, 0.3) is 0 Å². The summed E-state index contributed by atoms with van der Waals surface area (Å²) >= 11 is 0. The molecule has 0 spiro atoms. The monoisotopic (exact) mass is 906 g/mol. The number of guanidine groups is 1. The maximum absolute atomic E-state index is 13.9. The van der Waals surface area contributed by atoms with Crippen LogP contribution in [0.3, 0.4) is 0 Å². The highest BCUT2D eigenvalue weighted by molar-refractivity contribution is 5.98. The molecule has 24 nitrogen and oxygen atoms in total. The zero-order chi connectivity index (χ0) is 47.4. The van der Waals surface area contributed by atoms with Crippen molar-refractivity contribution in [1.29, 1.82) is 0 Å². The summed E-state index contributed by atoms with van der Waals surface area (Å²) in [6.45, 7) is -0.822. The van der Waals surface area contributed by atoms with E-state index < -0.39 is 121 Å². The maximum Gasteiger partial charge on any atom is 0.490 e. The molecular weight excluding hydrogens is 853 g/mol. The summed E-state index contributed by atoms with van der Waals surface area (Å²) < 4.78 is 37.1. The van der Waals surface area contributed by atoms with Crippen LogP contribution in [0.5, 0.6) is 0 Å². The number of hydrogen-bond donors (Lipinski definition) is 14. The van der Waals surface area contributed by atoms with Gasteiger partial charge in [0.05, 0.1) is 19.1 Å². The molecule has 5 unspecified atom stereocenters. The number of carbonyl (C=O) groups excluding carboxylic acids is 6. The zero-order valence-electron chi connectivity index (χ0n) is 33.6. The van der Waals surface area contributed by atoms with E-state index in [2.05, 4.69) is 36.9 Å². The smallest absolute Gasteiger partial charge is 0.481 e. The first-order chi connectivity index (χ1) is 29.5. The molecule has 2 fully saturated rings. The van der Waals surface area contributed by atoms with Gasteiger partial charge >= 0.3 is 18.1 Å². The number of unbranched alkanes of at least 4 members (excludes halogenated alkanes) is 1. The molecule has 1 aromatic rings. The fraction of sp³-hybridized carbons (Fsp3) is 0.583. The Morgan fingerprint density at radius 1 is 0.778 bits per heavy atom. The molecule has 63 heavy (non-hydrogen) atoms. The molecule has 1 aromatic carbocycles. The summed E-state index contributed by atoms with van der Waals surface area (Å²) in [5, 5.41) is 61.9. The SMILES string of the molecule is NCC1OC(C(=O)NCCCC[C@H]2NC(=O)[C@H](Cc3ccccc3)NC(=O)[C@H](CC(=O)O)NC(=O)CNC(=O)[C@H](CCCN=C(N)N)NC2=O)C(O)C(O)C1O.O=C(O)C(F)(F)F. The molecule has 0 saturated carbocycles. The number of hydrogen-bond acceptors (Lipinski definition) is 14. The molecule has 0 aromatic heterocycles. The highest BCUT2D eigenvalue weighted by Gasteiger charge is 2.46. The van der Waals surface area contributed by atoms with Crippen molar-refractivity contribution in [3.8, 4) is 0 Å². The van der Waals surface area contributed by atoms with Crippen molar-refractivity contribution in [3.05, 3.63) is 35.9 Å². The topological polar surface area (TPSA) is 410 Å². The van der Waals surface area contributed by atoms with Crippen molar-refractivity contribution in [1.82, 2.24) is 31.9 Å². The number of rotatable bonds is 15. The van der Waals surface area contributed by atoms with E-state index in [1.807, 2.05) is 0 Å². The number of aliphatic carboxylic acids is 2. The predicted molar refractivity (Wildman–Crippen MR) is 209 cm³/mol. The van der Waals surface area contributed by atoms with Gasteiger partial charge in [-0.05, 0) is 37.7 Å². The Hall–Kier alpha value is -6.16. The number of carbonyl (C=O) groups is 8. The van der Waals surface area contributed by atoms with Crippen molar-refractivity contribution in [3.63, 3.8) is 0 Å². The normalized spacial score (nSPS) is 26.0. The summed E-state index contributed by atoms with van der Waals surface area (Å²) in [6.07, 6.45) is -13.0. The predicted octanol–water partition coefficient (Wildman–Crippen LogP) is -5.45. The average molecular weight is 907 g/mol. The molecule has 2 aliphatic rings. The molecular formula is C36H53F3N10O14. The van der Waals surface area contributed by atoms with Crippen molar-refractivity contribution in [2.24, 2.45) is 22.2 Å². The third kappa shape index (κ3) is 18.4. The van der Waals surface area contributed by atoms with Crippen molar-refractivity contribution >= 4 is 53.3 Å². The number of ether oxygens (including phenoxy) is 1. The summed E-state index contributed by atoms with van der Waals surface area (Å²) in [5.41, 5.74) is 16.9. The summed E-state index contributed by atoms with van der Waals surface area (Å²) in [6, 6.07) is 2.94. The molecule has 2 heterocycles. The van der Waals surface area contributed by atoms with E-state index in [0.717, 1.165) is 0 Å². The Kier molecular flexibility index (Phi) is 21.6. The van der Waals surface area contributed by atoms with E-state index in [1.165, 1.54) is 0 Å². The largest absolute Gasteiger partial charge is 0.490 e. The van der Waals surface area contributed by atoms with E-state index >= 15 is 0 Å². The number of benzene rings is 1. The van der Waals surface area contributed by atoms with E-state index in [1.54, 1.807) is 30.3 Å². The lowest BCUT2D eigenvalue weighted by atomic mass is 9.94. The number of amides is 6. The van der Waals surface area contributed by atoms with Crippen LogP contribution in [0.1, 0.15) is 44.1 Å². The van der Waals surface area contributed by atoms with Gasteiger partial charge < -0.3 is 79.4 Å². The molecule has 27 heteroatoms. The molecule has 17 N–H and O–H groups in total. The number of halogens is 3. The van der Waals surface area contributed by atoms with E-state index in [0.29, 0.717) is 5.56 Å². The van der Waals surface area contributed by atoms with Gasteiger partial charge in [0, 0.05) is 26.1 Å². The molecule has 6 amide bonds. The number of alkyl halides is 3. The Labute approximate surface area is 356 Å². The number of nitrogens with one attached hydrogen (secondary N) is 6. The highest BCUT2D eigenvalue weighted by atomic mass is 19.4. The summed E-state index contributed by atoms with van der Waals surface area (Å²) in [4.78, 5) is 104. The van der Waals surface area contributed by atoms with Gasteiger partial charge in [-0.25, -0.2) is 4.79 Å². The molecule has 2 saturated heterocycles. The minimum absolute atomic E-state index is 0.00581.